The van der Waals surface area contributed by atoms with Crippen molar-refractivity contribution in [3.63, 3.8) is 0 Å². The molecule has 1 unspecified atom stereocenters. The molecule has 1 atom stereocenters. The third-order valence-electron chi connectivity index (χ3n) is 4.55. The molecule has 28 heavy (non-hydrogen) atoms. The van der Waals surface area contributed by atoms with E-state index >= 15 is 0 Å². The number of amides is 3. The van der Waals surface area contributed by atoms with Crippen molar-refractivity contribution in [3.05, 3.63) is 47.3 Å². The van der Waals surface area contributed by atoms with Crippen molar-refractivity contribution in [1.29, 1.82) is 0 Å². The quantitative estimate of drug-likeness (QED) is 0.682. The predicted octanol–water partition coefficient (Wildman–Crippen LogP) is 1.96. The van der Waals surface area contributed by atoms with Crippen LogP contribution >= 0.6 is 11.3 Å². The molecule has 4 N–H and O–H groups in total. The van der Waals surface area contributed by atoms with E-state index in [-0.39, 0.29) is 29.3 Å². The Bertz CT molecular complexity index is 927. The molecule has 0 radical (unpaired) electrons. The summed E-state index contributed by atoms with van der Waals surface area (Å²) in [7, 11) is -3.73. The average molecular weight is 423 g/mol. The van der Waals surface area contributed by atoms with Gasteiger partial charge >= 0.3 is 6.03 Å². The molecule has 8 nitrogen and oxygen atoms in total. The molecule has 2 aromatic rings. The number of urea groups is 1. The Hall–Kier alpha value is -2.43. The molecule has 10 heteroatoms. The Morgan fingerprint density at radius 3 is 2.61 bits per heavy atom. The number of likely N-dealkylation sites (tertiary alicyclic amines) is 1. The largest absolute Gasteiger partial charge is 0.352 e. The van der Waals surface area contributed by atoms with Crippen LogP contribution in [0.4, 0.5) is 9.80 Å². The van der Waals surface area contributed by atoms with E-state index in [0.29, 0.717) is 13.1 Å². The summed E-state index contributed by atoms with van der Waals surface area (Å²) in [6, 6.07) is 9.55. The molecule has 0 saturated carbocycles. The second kappa shape index (κ2) is 8.72. The van der Waals surface area contributed by atoms with Gasteiger partial charge in [-0.15, -0.1) is 11.3 Å². The van der Waals surface area contributed by atoms with Gasteiger partial charge in [-0.1, -0.05) is 12.1 Å². The van der Waals surface area contributed by atoms with Crippen molar-refractivity contribution in [2.45, 2.75) is 24.3 Å². The van der Waals surface area contributed by atoms with Crippen molar-refractivity contribution >= 4 is 38.3 Å². The summed E-state index contributed by atoms with van der Waals surface area (Å²) >= 11 is 1.45. The molecular formula is C18H22N4O4S2. The number of carbonyl (C=O) groups is 2. The van der Waals surface area contributed by atoms with E-state index in [4.69, 9.17) is 5.14 Å². The van der Waals surface area contributed by atoms with Gasteiger partial charge in [0, 0.05) is 19.6 Å². The van der Waals surface area contributed by atoms with Gasteiger partial charge in [0.15, 0.2) is 0 Å². The Kier molecular flexibility index (Phi) is 6.32. The molecule has 3 amide bonds. The van der Waals surface area contributed by atoms with Crippen LogP contribution in [0, 0.1) is 5.92 Å². The summed E-state index contributed by atoms with van der Waals surface area (Å²) in [5, 5.41) is 13.4. The fourth-order valence-electron chi connectivity index (χ4n) is 3.04. The van der Waals surface area contributed by atoms with E-state index in [0.717, 1.165) is 23.4 Å². The van der Waals surface area contributed by atoms with E-state index in [1.165, 1.54) is 23.5 Å². The second-order valence-electron chi connectivity index (χ2n) is 6.60. The van der Waals surface area contributed by atoms with Crippen molar-refractivity contribution in [1.82, 2.24) is 10.2 Å². The van der Waals surface area contributed by atoms with Gasteiger partial charge in [-0.3, -0.25) is 10.1 Å². The zero-order valence-corrected chi connectivity index (χ0v) is 16.8. The minimum absolute atomic E-state index is 0.0299. The number of sulfonamides is 1. The number of nitrogens with zero attached hydrogens (tertiary/aromatic N) is 1. The molecule has 1 aromatic carbocycles. The standard InChI is InChI=1S/C18H22N4O4S2/c19-28(25,26)15-7-5-13(6-8-15)11-20-17(23)14-3-1-9-22(12-14)18(24)21-16-4-2-10-27-16/h2,4-8,10,14H,1,3,9,11-12H2,(H,20,23)(H,21,24)(H2,19,25,26). The van der Waals surface area contributed by atoms with E-state index in [9.17, 15) is 18.0 Å². The van der Waals surface area contributed by atoms with E-state index in [2.05, 4.69) is 10.6 Å². The molecule has 1 fully saturated rings. The van der Waals surface area contributed by atoms with Gasteiger partial charge < -0.3 is 10.2 Å². The first-order valence-electron chi connectivity index (χ1n) is 8.82. The lowest BCUT2D eigenvalue weighted by Crippen LogP contribution is -2.46. The van der Waals surface area contributed by atoms with Crippen LogP contribution in [-0.2, 0) is 21.4 Å². The minimum atomic E-state index is -3.73. The highest BCUT2D eigenvalue weighted by Crippen LogP contribution is 2.20. The summed E-state index contributed by atoms with van der Waals surface area (Å²) in [5.74, 6) is -0.393. The van der Waals surface area contributed by atoms with Crippen LogP contribution in [0.25, 0.3) is 0 Å². The normalized spacial score (nSPS) is 17.2. The van der Waals surface area contributed by atoms with Crippen LogP contribution < -0.4 is 15.8 Å². The molecule has 1 aliphatic rings. The van der Waals surface area contributed by atoms with Gasteiger partial charge in [-0.25, -0.2) is 18.4 Å². The third-order valence-corrected chi connectivity index (χ3v) is 6.26. The smallest absolute Gasteiger partial charge is 0.322 e. The molecule has 3 rings (SSSR count). The van der Waals surface area contributed by atoms with Crippen molar-refractivity contribution in [2.24, 2.45) is 11.1 Å². The first-order valence-corrected chi connectivity index (χ1v) is 11.2. The summed E-state index contributed by atoms with van der Waals surface area (Å²) in [6.45, 7) is 1.27. The number of primary sulfonamides is 1. The van der Waals surface area contributed by atoms with Gasteiger partial charge in [0.05, 0.1) is 15.8 Å². The Morgan fingerprint density at radius 1 is 1.21 bits per heavy atom. The number of nitrogens with one attached hydrogen (secondary N) is 2. The van der Waals surface area contributed by atoms with Crippen molar-refractivity contribution in [2.75, 3.05) is 18.4 Å². The molecule has 0 spiro atoms. The Morgan fingerprint density at radius 2 is 1.96 bits per heavy atom. The molecule has 0 aliphatic carbocycles. The molecule has 1 saturated heterocycles. The van der Waals surface area contributed by atoms with Gasteiger partial charge in [0.1, 0.15) is 0 Å². The summed E-state index contributed by atoms with van der Waals surface area (Å²) < 4.78 is 22.5. The van der Waals surface area contributed by atoms with E-state index in [1.54, 1.807) is 17.0 Å². The van der Waals surface area contributed by atoms with Gasteiger partial charge in [-0.05, 0) is 48.1 Å². The number of rotatable bonds is 5. The number of thiophene rings is 1. The fourth-order valence-corrected chi connectivity index (χ4v) is 4.16. The van der Waals surface area contributed by atoms with E-state index in [1.807, 2.05) is 17.5 Å². The lowest BCUT2D eigenvalue weighted by atomic mass is 9.97. The number of hydrogen-bond acceptors (Lipinski definition) is 5. The fraction of sp³-hybridized carbons (Fsp3) is 0.333. The number of piperidine rings is 1. The van der Waals surface area contributed by atoms with Crippen LogP contribution in [0.5, 0.6) is 0 Å². The maximum Gasteiger partial charge on any atom is 0.322 e. The first kappa shape index (κ1) is 20.3. The maximum atomic E-state index is 12.5. The van der Waals surface area contributed by atoms with Gasteiger partial charge in [0.25, 0.3) is 0 Å². The molecule has 2 heterocycles. The monoisotopic (exact) mass is 422 g/mol. The molecule has 150 valence electrons. The first-order chi connectivity index (χ1) is 13.3. The van der Waals surface area contributed by atoms with Crippen LogP contribution in [0.15, 0.2) is 46.7 Å². The summed E-state index contributed by atoms with van der Waals surface area (Å²) in [4.78, 5) is 26.5. The van der Waals surface area contributed by atoms with Crippen LogP contribution in [0.2, 0.25) is 0 Å². The molecular weight excluding hydrogens is 400 g/mol. The van der Waals surface area contributed by atoms with E-state index < -0.39 is 10.0 Å². The predicted molar refractivity (Wildman–Crippen MR) is 107 cm³/mol. The average Bonchev–Trinajstić information content (AvgIpc) is 3.19. The summed E-state index contributed by atoms with van der Waals surface area (Å²) in [6.07, 6.45) is 1.48. The van der Waals surface area contributed by atoms with Crippen molar-refractivity contribution in [3.8, 4) is 0 Å². The lowest BCUT2D eigenvalue weighted by molar-refractivity contribution is -0.126. The maximum absolute atomic E-state index is 12.5. The number of anilines is 1. The number of carbonyl (C=O) groups excluding carboxylic acids is 2. The lowest BCUT2D eigenvalue weighted by Gasteiger charge is -2.31. The third kappa shape index (κ3) is 5.31. The van der Waals surface area contributed by atoms with Crippen LogP contribution in [0.1, 0.15) is 18.4 Å². The highest BCUT2D eigenvalue weighted by Gasteiger charge is 2.28. The van der Waals surface area contributed by atoms with Crippen LogP contribution in [-0.4, -0.2) is 38.3 Å². The zero-order valence-electron chi connectivity index (χ0n) is 15.1. The topological polar surface area (TPSA) is 122 Å². The van der Waals surface area contributed by atoms with Crippen LogP contribution in [0.3, 0.4) is 0 Å². The number of nitrogens with two attached hydrogens (primary N) is 1. The number of hydrogen-bond donors (Lipinski definition) is 3. The molecule has 0 bridgehead atoms. The summed E-state index contributed by atoms with van der Waals surface area (Å²) in [5.41, 5.74) is 0.767. The highest BCUT2D eigenvalue weighted by molar-refractivity contribution is 7.89. The minimum Gasteiger partial charge on any atom is -0.352 e. The van der Waals surface area contributed by atoms with Gasteiger partial charge in [0.2, 0.25) is 15.9 Å². The Balaban J connectivity index is 1.51. The highest BCUT2D eigenvalue weighted by atomic mass is 32.2. The number of benzene rings is 1. The SMILES string of the molecule is NS(=O)(=O)c1ccc(CNC(=O)C2CCCN(C(=O)Nc3cccs3)C2)cc1. The second-order valence-corrected chi connectivity index (χ2v) is 9.11. The van der Waals surface area contributed by atoms with Gasteiger partial charge in [-0.2, -0.15) is 0 Å². The molecule has 1 aromatic heterocycles. The Labute approximate surface area is 167 Å². The molecule has 1 aliphatic heterocycles. The van der Waals surface area contributed by atoms with Crippen molar-refractivity contribution < 1.29 is 18.0 Å². The zero-order chi connectivity index (χ0) is 20.1.